The molecule has 0 fully saturated rings. The fourth-order valence-corrected chi connectivity index (χ4v) is 0. The Kier molecular flexibility index (Phi) is 5530. The van der Waals surface area contributed by atoms with Crippen molar-refractivity contribution in [2.45, 2.75) is 7.43 Å². The van der Waals surface area contributed by atoms with Gasteiger partial charge in [-0.25, -0.2) is 0 Å². The summed E-state index contributed by atoms with van der Waals surface area (Å²) in [5.41, 5.74) is 0. The van der Waals surface area contributed by atoms with Gasteiger partial charge in [-0.05, 0) is 0 Å². The smallest absolute Gasteiger partial charge is 0 e. The van der Waals surface area contributed by atoms with E-state index in [1.54, 1.807) is 0 Å². The molecule has 0 heterocycles. The van der Waals surface area contributed by atoms with Crippen molar-refractivity contribution in [3.05, 3.63) is 0 Å². The Bertz CT molecular complexity index is 19.2. The van der Waals surface area contributed by atoms with Gasteiger partial charge in [0.15, 0.2) is 0 Å². The average molecular weight is 165 g/mol. The first-order chi connectivity index (χ1) is 1.00. The second kappa shape index (κ2) is 350. The Hall–Kier alpha value is 0.810. The summed E-state index contributed by atoms with van der Waals surface area (Å²) in [5.74, 6) is 0. The van der Waals surface area contributed by atoms with Gasteiger partial charge in [0, 0.05) is 1.43 Å². The monoisotopic (exact) mass is 165 g/mol. The minimum atomic E-state index is 0. The van der Waals surface area contributed by atoms with Gasteiger partial charge in [-0.2, -0.15) is 29.7 Å². The van der Waals surface area contributed by atoms with Gasteiger partial charge in [0.05, 0.1) is 0 Å². The van der Waals surface area contributed by atoms with Crippen LogP contribution in [0.1, 0.15) is 8.85 Å². The standard InChI is InChI=1S/C2H2.CH4.H2O.3H3P.H2/c1-2;;;;;;/h1-2H;1H4;1H2;3*1H3;1H/i;;;;;;1+1. The van der Waals surface area contributed by atoms with Crippen molar-refractivity contribution < 1.29 is 6.90 Å². The molecule has 1 nitrogen and oxygen atoms in total. The third-order valence-electron chi connectivity index (χ3n) is 0. The van der Waals surface area contributed by atoms with E-state index in [9.17, 15) is 0 Å². The van der Waals surface area contributed by atoms with Gasteiger partial charge in [0.1, 0.15) is 0 Å². The van der Waals surface area contributed by atoms with E-state index in [0.29, 0.717) is 0 Å². The van der Waals surface area contributed by atoms with Crippen LogP contribution in [0.5, 0.6) is 0 Å². The number of terminal acetylenes is 1. The summed E-state index contributed by atoms with van der Waals surface area (Å²) in [6, 6.07) is 0. The Balaban J connectivity index is -0.000000000333. The van der Waals surface area contributed by atoms with Crippen molar-refractivity contribution >= 4 is 29.7 Å². The Morgan fingerprint density at radius 2 is 0.857 bits per heavy atom. The van der Waals surface area contributed by atoms with E-state index in [1.807, 2.05) is 0 Å². The van der Waals surface area contributed by atoms with E-state index >= 15 is 0 Å². The molecule has 0 radical (unpaired) electrons. The van der Waals surface area contributed by atoms with E-state index in [-0.39, 0.29) is 44.0 Å². The van der Waals surface area contributed by atoms with Crippen molar-refractivity contribution in [1.29, 1.82) is 0 Å². The lowest BCUT2D eigenvalue weighted by molar-refractivity contribution is 0.824. The molecule has 0 saturated carbocycles. The lowest BCUT2D eigenvalue weighted by Gasteiger charge is -0.701. The number of hydrogen-bond acceptors (Lipinski definition) is 0. The van der Waals surface area contributed by atoms with E-state index in [1.165, 1.54) is 0 Å². The molecule has 7 heavy (non-hydrogen) atoms. The summed E-state index contributed by atoms with van der Waals surface area (Å²) >= 11 is 0. The Labute approximate surface area is 57.7 Å². The van der Waals surface area contributed by atoms with E-state index < -0.39 is 0 Å². The van der Waals surface area contributed by atoms with E-state index in [4.69, 9.17) is 0 Å². The molecular formula is C3H19OP3. The van der Waals surface area contributed by atoms with Crippen LogP contribution in [-0.4, -0.2) is 5.48 Å². The Morgan fingerprint density at radius 3 is 0.857 bits per heavy atom. The van der Waals surface area contributed by atoms with E-state index in [0.717, 1.165) is 0 Å². The van der Waals surface area contributed by atoms with Crippen LogP contribution in [0.2, 0.25) is 0 Å². The topological polar surface area (TPSA) is 31.5 Å². The van der Waals surface area contributed by atoms with Crippen LogP contribution in [0.15, 0.2) is 0 Å². The van der Waals surface area contributed by atoms with Crippen LogP contribution >= 0.6 is 29.7 Å². The summed E-state index contributed by atoms with van der Waals surface area (Å²) in [5, 5.41) is 0. The lowest BCUT2D eigenvalue weighted by atomic mass is 11.4. The van der Waals surface area contributed by atoms with Crippen LogP contribution in [0.25, 0.3) is 0 Å². The van der Waals surface area contributed by atoms with Crippen LogP contribution in [0, 0.1) is 12.8 Å². The molecule has 0 spiro atoms. The molecule has 0 aliphatic rings. The molecular weight excluding hydrogens is 145 g/mol. The molecule has 2 N–H and O–H groups in total. The molecule has 52 valence electrons. The molecule has 0 aromatic heterocycles. The van der Waals surface area contributed by atoms with Gasteiger partial charge in [-0.15, -0.1) is 12.8 Å². The minimum Gasteiger partial charge on any atom is -0.412 e. The molecule has 0 rings (SSSR count). The summed E-state index contributed by atoms with van der Waals surface area (Å²) in [7, 11) is 0. The fourth-order valence-electron chi connectivity index (χ4n) is 0. The van der Waals surface area contributed by atoms with Gasteiger partial charge >= 0.3 is 0 Å². The van der Waals surface area contributed by atoms with Crippen LogP contribution in [-0.2, 0) is 0 Å². The lowest BCUT2D eigenvalue weighted by Crippen LogP contribution is -0.576. The first-order valence-electron chi connectivity index (χ1n) is 0.333. The molecule has 0 aliphatic heterocycles. The third-order valence-corrected chi connectivity index (χ3v) is 0. The maximum Gasteiger partial charge on any atom is 0 e. The zero-order valence-corrected chi connectivity index (χ0v) is 8.02. The van der Waals surface area contributed by atoms with Gasteiger partial charge in [-0.1, -0.05) is 7.43 Å². The minimum absolute atomic E-state index is 0. The molecule has 0 aromatic rings. The van der Waals surface area contributed by atoms with Crippen molar-refractivity contribution in [1.82, 2.24) is 0 Å². The molecule has 3 atom stereocenters. The van der Waals surface area contributed by atoms with Crippen LogP contribution in [0.3, 0.4) is 0 Å². The normalized spacial score (nSPS) is 0.286. The molecule has 0 bridgehead atoms. The summed E-state index contributed by atoms with van der Waals surface area (Å²) in [4.78, 5) is 0. The van der Waals surface area contributed by atoms with E-state index in [2.05, 4.69) is 12.8 Å². The van der Waals surface area contributed by atoms with Crippen LogP contribution in [0.4, 0.5) is 0 Å². The van der Waals surface area contributed by atoms with Crippen molar-refractivity contribution in [2.24, 2.45) is 0 Å². The molecule has 0 aromatic carbocycles. The van der Waals surface area contributed by atoms with Gasteiger partial charge in [0.2, 0.25) is 0 Å². The predicted octanol–water partition coefficient (Wildman–Crippen LogP) is 0.481. The fraction of sp³-hybridized carbons (Fsp3) is 0.333. The Morgan fingerprint density at radius 1 is 0.857 bits per heavy atom. The maximum atomic E-state index is 4.00. The highest BCUT2D eigenvalue weighted by Crippen LogP contribution is 0.863. The second-order valence-corrected chi connectivity index (χ2v) is 0. The zero-order valence-electron chi connectivity index (χ0n) is 3.78. The summed E-state index contributed by atoms with van der Waals surface area (Å²) in [6.45, 7) is 0. The van der Waals surface area contributed by atoms with Gasteiger partial charge in [-0.3, -0.25) is 0 Å². The number of rotatable bonds is 0. The largest absolute Gasteiger partial charge is 0.412 e. The highest BCUT2D eigenvalue weighted by molar-refractivity contribution is 6.92. The molecule has 0 saturated heterocycles. The molecule has 3 unspecified atom stereocenters. The van der Waals surface area contributed by atoms with Crippen molar-refractivity contribution in [3.63, 3.8) is 0 Å². The van der Waals surface area contributed by atoms with Crippen molar-refractivity contribution in [3.8, 4) is 12.8 Å². The molecule has 4 heteroatoms. The third kappa shape index (κ3) is 240. The maximum absolute atomic E-state index is 4.00. The predicted molar refractivity (Wildman–Crippen MR) is 55.7 cm³/mol. The molecule has 0 amide bonds. The highest BCUT2D eigenvalue weighted by Gasteiger charge is 0.454. The second-order valence-electron chi connectivity index (χ2n) is 0. The summed E-state index contributed by atoms with van der Waals surface area (Å²) in [6.07, 6.45) is 8.00. The average Bonchev–Trinajstić information content (AvgIpc) is 1.00. The van der Waals surface area contributed by atoms with Crippen molar-refractivity contribution in [2.75, 3.05) is 0 Å². The first-order valence-corrected chi connectivity index (χ1v) is 0.333. The van der Waals surface area contributed by atoms with Gasteiger partial charge < -0.3 is 5.48 Å². The van der Waals surface area contributed by atoms with Gasteiger partial charge in [0.25, 0.3) is 0 Å². The highest BCUT2D eigenvalue weighted by atomic mass is 31.0. The molecule has 0 aliphatic carbocycles. The summed E-state index contributed by atoms with van der Waals surface area (Å²) < 4.78 is 0. The van der Waals surface area contributed by atoms with Crippen LogP contribution < -0.4 is 0 Å². The first kappa shape index (κ1) is 111. The quantitative estimate of drug-likeness (QED) is 0.369. The zero-order chi connectivity index (χ0) is 2.00. The SMILES string of the molecule is C.C#C.O.P.P.P.[2HH]. The number of hydrogen-bond donors (Lipinski definition) is 0.